The summed E-state index contributed by atoms with van der Waals surface area (Å²) in [6, 6.07) is 7.47. The molecule has 5 rings (SSSR count). The van der Waals surface area contributed by atoms with Crippen LogP contribution in [0.1, 0.15) is 77.7 Å². The van der Waals surface area contributed by atoms with E-state index in [1.807, 2.05) is 6.07 Å². The molecule has 44 heavy (non-hydrogen) atoms. The van der Waals surface area contributed by atoms with Crippen molar-refractivity contribution < 1.29 is 24.0 Å². The Bertz CT molecular complexity index is 1450. The highest BCUT2D eigenvalue weighted by Gasteiger charge is 2.59. The van der Waals surface area contributed by atoms with Gasteiger partial charge in [-0.25, -0.2) is 4.79 Å². The first kappa shape index (κ1) is 31.4. The van der Waals surface area contributed by atoms with Gasteiger partial charge in [0, 0.05) is 37.6 Å². The topological polar surface area (TPSA) is 151 Å². The van der Waals surface area contributed by atoms with Crippen molar-refractivity contribution in [2.24, 2.45) is 34.5 Å². The Balaban J connectivity index is 1.10. The van der Waals surface area contributed by atoms with E-state index in [4.69, 9.17) is 4.74 Å². The number of ether oxygens (including phenoxy) is 1. The first-order valence-corrected chi connectivity index (χ1v) is 15.7. The lowest BCUT2D eigenvalue weighted by atomic mass is 9.47. The predicted molar refractivity (Wildman–Crippen MR) is 164 cm³/mol. The van der Waals surface area contributed by atoms with Crippen LogP contribution in [0.3, 0.4) is 0 Å². The summed E-state index contributed by atoms with van der Waals surface area (Å²) in [6.45, 7) is 6.74. The van der Waals surface area contributed by atoms with Gasteiger partial charge in [0.2, 0.25) is 0 Å². The van der Waals surface area contributed by atoms with E-state index < -0.39 is 16.9 Å². The third-order valence-corrected chi connectivity index (χ3v) is 11.3. The molecule has 4 aliphatic carbocycles. The van der Waals surface area contributed by atoms with E-state index >= 15 is 0 Å². The van der Waals surface area contributed by atoms with Crippen molar-refractivity contribution in [1.82, 2.24) is 10.6 Å². The highest BCUT2D eigenvalue weighted by atomic mass is 16.6. The summed E-state index contributed by atoms with van der Waals surface area (Å²) in [7, 11) is 0. The Morgan fingerprint density at radius 3 is 2.61 bits per heavy atom. The number of ketones is 1. The fraction of sp³-hybridized carbons (Fsp3) is 0.588. The molecule has 234 valence electrons. The molecular weight excluding hydrogens is 560 g/mol. The highest BCUT2D eigenvalue weighted by molar-refractivity contribution is 6.01. The fourth-order valence-corrected chi connectivity index (χ4v) is 9.07. The molecule has 4 aliphatic rings. The number of hydrogen-bond acceptors (Lipinski definition) is 7. The van der Waals surface area contributed by atoms with Crippen molar-refractivity contribution >= 4 is 29.5 Å². The maximum absolute atomic E-state index is 12.6. The average molecular weight is 603 g/mol. The van der Waals surface area contributed by atoms with Crippen molar-refractivity contribution in [3.05, 3.63) is 57.2 Å². The Morgan fingerprint density at radius 2 is 1.89 bits per heavy atom. The van der Waals surface area contributed by atoms with Gasteiger partial charge < -0.3 is 15.4 Å². The van der Waals surface area contributed by atoms with Crippen LogP contribution in [0.15, 0.2) is 41.5 Å². The predicted octanol–water partition coefficient (Wildman–Crippen LogP) is 5.88. The Kier molecular flexibility index (Phi) is 8.96. The van der Waals surface area contributed by atoms with Gasteiger partial charge in [0.05, 0.1) is 4.92 Å². The molecule has 0 aliphatic heterocycles. The van der Waals surface area contributed by atoms with Crippen molar-refractivity contribution in [2.75, 3.05) is 13.1 Å². The van der Waals surface area contributed by atoms with Gasteiger partial charge in [-0.2, -0.15) is 5.26 Å². The second-order valence-electron chi connectivity index (χ2n) is 13.5. The van der Waals surface area contributed by atoms with E-state index in [2.05, 4.69) is 30.6 Å². The second-order valence-corrected chi connectivity index (χ2v) is 13.5. The second kappa shape index (κ2) is 12.5. The summed E-state index contributed by atoms with van der Waals surface area (Å²) in [5.74, 6) is 1.74. The maximum atomic E-state index is 12.6. The molecule has 0 bridgehead atoms. The molecule has 1 aromatic rings. The monoisotopic (exact) mass is 602 g/mol. The molecule has 2 amide bonds. The van der Waals surface area contributed by atoms with E-state index in [1.54, 1.807) is 13.0 Å². The quantitative estimate of drug-likeness (QED) is 0.0941. The number of alkyl carbamates (subject to hydrolysis) is 1. The zero-order valence-corrected chi connectivity index (χ0v) is 25.8. The lowest BCUT2D eigenvalue weighted by Crippen LogP contribution is -2.51. The summed E-state index contributed by atoms with van der Waals surface area (Å²) in [6.07, 6.45) is 10.9. The Morgan fingerprint density at radius 1 is 1.11 bits per heavy atom. The number of hydrogen-bond donors (Lipinski definition) is 2. The minimum absolute atomic E-state index is 0.0867. The molecular formula is C34H42N4O6. The third kappa shape index (κ3) is 6.01. The number of nitriles is 1. The van der Waals surface area contributed by atoms with E-state index in [-0.39, 0.29) is 47.2 Å². The number of allylic oxidation sites excluding steroid dienone is 1. The van der Waals surface area contributed by atoms with Crippen LogP contribution in [-0.2, 0) is 14.3 Å². The average Bonchev–Trinajstić information content (AvgIpc) is 3.36. The van der Waals surface area contributed by atoms with Crippen LogP contribution in [0.2, 0.25) is 0 Å². The van der Waals surface area contributed by atoms with Crippen LogP contribution in [0, 0.1) is 55.9 Å². The zero-order chi connectivity index (χ0) is 31.6. The van der Waals surface area contributed by atoms with Gasteiger partial charge in [-0.1, -0.05) is 37.6 Å². The molecule has 0 heterocycles. The van der Waals surface area contributed by atoms with Crippen LogP contribution < -0.4 is 10.6 Å². The van der Waals surface area contributed by atoms with Crippen LogP contribution in [0.5, 0.6) is 0 Å². The number of carbonyl (C=O) groups is 3. The third-order valence-electron chi connectivity index (χ3n) is 11.3. The minimum Gasteiger partial charge on any atom is -0.446 e. The summed E-state index contributed by atoms with van der Waals surface area (Å²) in [5, 5.41) is 25.6. The molecule has 0 aromatic heterocycles. The molecule has 0 spiro atoms. The Labute approximate surface area is 258 Å². The smallest absolute Gasteiger partial charge is 0.407 e. The molecule has 10 nitrogen and oxygen atoms in total. The summed E-state index contributed by atoms with van der Waals surface area (Å²) in [4.78, 5) is 47.9. The van der Waals surface area contributed by atoms with E-state index in [0.29, 0.717) is 29.1 Å². The number of carbonyl (C=O) groups excluding carboxylic acids is 3. The molecule has 3 saturated carbocycles. The number of nitrogens with one attached hydrogen (secondary N) is 2. The van der Waals surface area contributed by atoms with Crippen LogP contribution in [0.25, 0.3) is 6.08 Å². The number of amides is 2. The number of rotatable bonds is 8. The molecule has 7 atom stereocenters. The molecule has 10 heteroatoms. The number of nitro benzene ring substituents is 1. The molecule has 0 radical (unpaired) electrons. The van der Waals surface area contributed by atoms with Gasteiger partial charge in [0.1, 0.15) is 23.5 Å². The molecule has 0 saturated heterocycles. The van der Waals surface area contributed by atoms with Crippen LogP contribution in [0.4, 0.5) is 10.5 Å². The molecule has 2 N–H and O–H groups in total. The SMILES string of the molecule is CC(=O)[C@H]1CC[C@H]2[C@@H]3CC=C4C[C@@H](OC(=O)NCCNC(=O)/C(C#N)=C/c5cccc([N+](=O)[O-])c5)CC[C@]4(C)[C@H]3CC[C@]12C. The number of nitro groups is 1. The van der Waals surface area contributed by atoms with E-state index in [0.717, 1.165) is 51.4 Å². The van der Waals surface area contributed by atoms with Crippen LogP contribution in [-0.4, -0.2) is 41.9 Å². The minimum atomic E-state index is -0.638. The van der Waals surface area contributed by atoms with Crippen molar-refractivity contribution in [3.63, 3.8) is 0 Å². The number of fused-ring (bicyclic) bond motifs is 5. The van der Waals surface area contributed by atoms with E-state index in [9.17, 15) is 29.8 Å². The largest absolute Gasteiger partial charge is 0.446 e. The van der Waals surface area contributed by atoms with Crippen molar-refractivity contribution in [1.29, 1.82) is 5.26 Å². The zero-order valence-electron chi connectivity index (χ0n) is 25.8. The normalized spacial score (nSPS) is 32.5. The fourth-order valence-electron chi connectivity index (χ4n) is 9.07. The van der Waals surface area contributed by atoms with Crippen molar-refractivity contribution in [3.8, 4) is 6.07 Å². The molecule has 1 aromatic carbocycles. The standard InChI is InChI=1S/C34H42N4O6/c1-21(39)28-9-10-29-27-8-7-24-19-26(11-13-33(24,2)30(27)12-14-34(28,29)3)44-32(41)37-16-15-36-31(40)23(20-35)17-22-5-4-6-25(18-22)38(42)43/h4-7,17-18,26-30H,8-16,19H2,1-3H3,(H,36,40)(H,37,41)/b23-17+/t26-,27-,28+,29-,30-,33-,34+/m0/s1. The number of Topliss-reactive ketones (excluding diaryl/α,β-unsaturated/α-hetero) is 1. The van der Waals surface area contributed by atoms with Crippen molar-refractivity contribution in [2.45, 2.75) is 78.2 Å². The van der Waals surface area contributed by atoms with E-state index in [1.165, 1.54) is 29.8 Å². The number of non-ortho nitro benzene ring substituents is 1. The summed E-state index contributed by atoms with van der Waals surface area (Å²) >= 11 is 0. The van der Waals surface area contributed by atoms with Crippen LogP contribution >= 0.6 is 0 Å². The lowest BCUT2D eigenvalue weighted by molar-refractivity contribution is -0.384. The summed E-state index contributed by atoms with van der Waals surface area (Å²) in [5.41, 5.74) is 1.66. The first-order valence-electron chi connectivity index (χ1n) is 15.7. The van der Waals surface area contributed by atoms with Gasteiger partial charge in [-0.3, -0.25) is 19.7 Å². The van der Waals surface area contributed by atoms with Gasteiger partial charge in [-0.15, -0.1) is 0 Å². The number of nitrogens with zero attached hydrogens (tertiary/aromatic N) is 2. The van der Waals surface area contributed by atoms with Gasteiger partial charge in [-0.05, 0) is 92.1 Å². The molecule has 0 unspecified atom stereocenters. The maximum Gasteiger partial charge on any atom is 0.407 e. The van der Waals surface area contributed by atoms with Gasteiger partial charge in [0.25, 0.3) is 11.6 Å². The highest BCUT2D eigenvalue weighted by Crippen LogP contribution is 2.66. The Hall–Kier alpha value is -4.00. The summed E-state index contributed by atoms with van der Waals surface area (Å²) < 4.78 is 5.77. The number of benzene rings is 1. The molecule has 3 fully saturated rings. The first-order chi connectivity index (χ1) is 21.0. The van der Waals surface area contributed by atoms with Gasteiger partial charge >= 0.3 is 6.09 Å². The van der Waals surface area contributed by atoms with Gasteiger partial charge in [0.15, 0.2) is 0 Å². The lowest BCUT2D eigenvalue weighted by Gasteiger charge is -2.58.